The standard InChI is InChI=1S/C21H27N3O4/c1-11(2)10-23-21(26)19(15(7)22-23)20(25)16-8-9-17(24(27)28)18(14(16)6)13(5)12(3)4/h8-9,11,22H,10H2,1-7H3. The minimum absolute atomic E-state index is 0.0456. The number of nitrogens with one attached hydrogen (secondary N) is 1. The lowest BCUT2D eigenvalue weighted by molar-refractivity contribution is -0.385. The number of allylic oxidation sites excluding steroid dienone is 2. The topological polar surface area (TPSA) is 98.0 Å². The molecule has 2 aromatic rings. The summed E-state index contributed by atoms with van der Waals surface area (Å²) < 4.78 is 1.44. The lowest BCUT2D eigenvalue weighted by atomic mass is 9.90. The van der Waals surface area contributed by atoms with Crippen molar-refractivity contribution in [2.24, 2.45) is 5.92 Å². The van der Waals surface area contributed by atoms with Gasteiger partial charge in [-0.25, -0.2) is 0 Å². The van der Waals surface area contributed by atoms with Gasteiger partial charge in [0, 0.05) is 23.9 Å². The van der Waals surface area contributed by atoms with Crippen molar-refractivity contribution in [1.29, 1.82) is 0 Å². The summed E-state index contributed by atoms with van der Waals surface area (Å²) in [5, 5.41) is 14.5. The molecule has 28 heavy (non-hydrogen) atoms. The third-order valence-corrected chi connectivity index (χ3v) is 4.92. The highest BCUT2D eigenvalue weighted by atomic mass is 16.6. The van der Waals surface area contributed by atoms with Crippen LogP contribution < -0.4 is 5.56 Å². The lowest BCUT2D eigenvalue weighted by Gasteiger charge is -2.13. The number of aryl methyl sites for hydroxylation is 1. The second kappa shape index (κ2) is 7.96. The van der Waals surface area contributed by atoms with E-state index in [1.807, 2.05) is 27.7 Å². The molecule has 7 heteroatoms. The summed E-state index contributed by atoms with van der Waals surface area (Å²) in [6, 6.07) is 2.78. The number of ketones is 1. The molecular formula is C21H27N3O4. The molecule has 0 spiro atoms. The fourth-order valence-corrected chi connectivity index (χ4v) is 3.32. The van der Waals surface area contributed by atoms with Crippen LogP contribution in [0.1, 0.15) is 67.4 Å². The first-order valence-corrected chi connectivity index (χ1v) is 9.23. The first-order chi connectivity index (χ1) is 13.0. The summed E-state index contributed by atoms with van der Waals surface area (Å²) >= 11 is 0. The molecule has 150 valence electrons. The Morgan fingerprint density at radius 3 is 2.29 bits per heavy atom. The number of rotatable bonds is 6. The van der Waals surface area contributed by atoms with Crippen LogP contribution in [0.3, 0.4) is 0 Å². The summed E-state index contributed by atoms with van der Waals surface area (Å²) in [5.74, 6) is -0.178. The van der Waals surface area contributed by atoms with E-state index in [4.69, 9.17) is 0 Å². The van der Waals surface area contributed by atoms with Gasteiger partial charge in [0.25, 0.3) is 11.2 Å². The molecule has 0 radical (unpaired) electrons. The van der Waals surface area contributed by atoms with Crippen LogP contribution in [-0.2, 0) is 6.54 Å². The average Bonchev–Trinajstić information content (AvgIpc) is 2.86. The molecule has 7 nitrogen and oxygen atoms in total. The van der Waals surface area contributed by atoms with E-state index >= 15 is 0 Å². The Kier molecular flexibility index (Phi) is 6.07. The average molecular weight is 385 g/mol. The van der Waals surface area contributed by atoms with Crippen molar-refractivity contribution in [3.63, 3.8) is 0 Å². The van der Waals surface area contributed by atoms with Crippen molar-refractivity contribution >= 4 is 17.0 Å². The number of aromatic nitrogens is 2. The zero-order chi connectivity index (χ0) is 21.3. The first-order valence-electron chi connectivity index (χ1n) is 9.23. The van der Waals surface area contributed by atoms with Gasteiger partial charge < -0.3 is 0 Å². The largest absolute Gasteiger partial charge is 0.299 e. The normalized spacial score (nSPS) is 11.0. The SMILES string of the molecule is CC(C)=C(C)c1c([N+](=O)[O-])ccc(C(=O)c2c(C)[nH]n(CC(C)C)c2=O)c1C. The van der Waals surface area contributed by atoms with E-state index in [0.29, 0.717) is 28.9 Å². The number of carbonyl (C=O) groups is 1. The van der Waals surface area contributed by atoms with Gasteiger partial charge in [-0.15, -0.1) is 0 Å². The Bertz CT molecular complexity index is 1030. The van der Waals surface area contributed by atoms with Crippen LogP contribution in [0, 0.1) is 29.9 Å². The molecule has 0 atom stereocenters. The van der Waals surface area contributed by atoms with Gasteiger partial charge in [0.2, 0.25) is 5.78 Å². The fraction of sp³-hybridized carbons (Fsp3) is 0.429. The Balaban J connectivity index is 2.71. The second-order valence-corrected chi connectivity index (χ2v) is 7.76. The molecule has 2 rings (SSSR count). The zero-order valence-corrected chi connectivity index (χ0v) is 17.5. The van der Waals surface area contributed by atoms with Gasteiger partial charge in [-0.3, -0.25) is 29.5 Å². The zero-order valence-electron chi connectivity index (χ0n) is 17.5. The number of nitro groups is 1. The molecule has 0 aliphatic rings. The minimum atomic E-state index is -0.444. The first kappa shape index (κ1) is 21.3. The van der Waals surface area contributed by atoms with Crippen LogP contribution >= 0.6 is 0 Å². The summed E-state index contributed by atoms with van der Waals surface area (Å²) in [6.45, 7) is 13.4. The van der Waals surface area contributed by atoms with E-state index in [0.717, 1.165) is 11.1 Å². The number of hydrogen-bond donors (Lipinski definition) is 1. The molecule has 0 fully saturated rings. The lowest BCUT2D eigenvalue weighted by Crippen LogP contribution is -2.24. The van der Waals surface area contributed by atoms with Crippen LogP contribution in [0.25, 0.3) is 5.57 Å². The van der Waals surface area contributed by atoms with Gasteiger partial charge in [0.1, 0.15) is 5.56 Å². The quantitative estimate of drug-likeness (QED) is 0.452. The smallest absolute Gasteiger partial charge is 0.278 e. The van der Waals surface area contributed by atoms with Gasteiger partial charge in [-0.2, -0.15) is 0 Å². The Hall–Kier alpha value is -2.96. The number of H-pyrrole nitrogens is 1. The van der Waals surface area contributed by atoms with Gasteiger partial charge in [0.05, 0.1) is 10.5 Å². The van der Waals surface area contributed by atoms with Crippen LogP contribution in [0.15, 0.2) is 22.5 Å². The maximum atomic E-state index is 13.2. The minimum Gasteiger partial charge on any atom is -0.299 e. The highest BCUT2D eigenvalue weighted by Gasteiger charge is 2.27. The van der Waals surface area contributed by atoms with Gasteiger partial charge in [0.15, 0.2) is 0 Å². The molecule has 0 amide bonds. The van der Waals surface area contributed by atoms with E-state index in [1.165, 1.54) is 16.8 Å². The Morgan fingerprint density at radius 2 is 1.79 bits per heavy atom. The van der Waals surface area contributed by atoms with Crippen LogP contribution in [0.4, 0.5) is 5.69 Å². The molecule has 0 aliphatic heterocycles. The Labute approximate surface area is 164 Å². The maximum Gasteiger partial charge on any atom is 0.278 e. The molecule has 0 saturated heterocycles. The van der Waals surface area contributed by atoms with Gasteiger partial charge in [-0.1, -0.05) is 19.4 Å². The monoisotopic (exact) mass is 385 g/mol. The molecular weight excluding hydrogens is 358 g/mol. The summed E-state index contributed by atoms with van der Waals surface area (Å²) in [7, 11) is 0. The number of nitrogens with zero attached hydrogens (tertiary/aromatic N) is 2. The van der Waals surface area contributed by atoms with Crippen LogP contribution in [0.5, 0.6) is 0 Å². The maximum absolute atomic E-state index is 13.2. The summed E-state index contributed by atoms with van der Waals surface area (Å²) in [6.07, 6.45) is 0. The third-order valence-electron chi connectivity index (χ3n) is 4.92. The molecule has 0 saturated carbocycles. The molecule has 0 aliphatic carbocycles. The fourth-order valence-electron chi connectivity index (χ4n) is 3.32. The third kappa shape index (κ3) is 3.83. The van der Waals surface area contributed by atoms with E-state index in [1.54, 1.807) is 20.8 Å². The summed E-state index contributed by atoms with van der Waals surface area (Å²) in [5.41, 5.74) is 3.09. The number of hydrogen-bond acceptors (Lipinski definition) is 4. The molecule has 0 bridgehead atoms. The highest BCUT2D eigenvalue weighted by Crippen LogP contribution is 2.33. The van der Waals surface area contributed by atoms with Gasteiger partial charge >= 0.3 is 0 Å². The van der Waals surface area contributed by atoms with Gasteiger partial charge in [-0.05, 0) is 57.7 Å². The van der Waals surface area contributed by atoms with Crippen molar-refractivity contribution in [2.75, 3.05) is 0 Å². The van der Waals surface area contributed by atoms with E-state index in [2.05, 4.69) is 5.10 Å². The van der Waals surface area contributed by atoms with Crippen molar-refractivity contribution < 1.29 is 9.72 Å². The van der Waals surface area contributed by atoms with Crippen molar-refractivity contribution in [3.8, 4) is 0 Å². The molecule has 1 aromatic heterocycles. The number of nitro benzene ring substituents is 1. The molecule has 1 N–H and O–H groups in total. The van der Waals surface area contributed by atoms with E-state index in [9.17, 15) is 19.7 Å². The predicted molar refractivity (Wildman–Crippen MR) is 110 cm³/mol. The number of aromatic amines is 1. The Morgan fingerprint density at radius 1 is 1.18 bits per heavy atom. The van der Waals surface area contributed by atoms with Crippen LogP contribution in [-0.4, -0.2) is 20.5 Å². The van der Waals surface area contributed by atoms with Crippen molar-refractivity contribution in [3.05, 3.63) is 66.1 Å². The van der Waals surface area contributed by atoms with Crippen molar-refractivity contribution in [2.45, 2.75) is 55.0 Å². The van der Waals surface area contributed by atoms with Crippen molar-refractivity contribution in [1.82, 2.24) is 9.78 Å². The predicted octanol–water partition coefficient (Wildman–Crippen LogP) is 4.40. The molecule has 0 unspecified atom stereocenters. The second-order valence-electron chi connectivity index (χ2n) is 7.76. The number of benzene rings is 1. The van der Waals surface area contributed by atoms with E-state index < -0.39 is 10.7 Å². The molecule has 1 heterocycles. The number of carbonyl (C=O) groups excluding carboxylic acids is 1. The molecule has 1 aromatic carbocycles. The van der Waals surface area contributed by atoms with Crippen LogP contribution in [0.2, 0.25) is 0 Å². The highest BCUT2D eigenvalue weighted by molar-refractivity contribution is 6.11. The van der Waals surface area contributed by atoms with E-state index in [-0.39, 0.29) is 22.7 Å². The summed E-state index contributed by atoms with van der Waals surface area (Å²) in [4.78, 5) is 37.0.